The molecule has 0 saturated carbocycles. The first kappa shape index (κ1) is 21.8. The van der Waals surface area contributed by atoms with Crippen molar-refractivity contribution < 1.29 is 18.4 Å². The minimum absolute atomic E-state index is 0.0703. The molecule has 0 unspecified atom stereocenters. The molecular weight excluding hydrogens is 444 g/mol. The number of rotatable bonds is 7. The van der Waals surface area contributed by atoms with Crippen molar-refractivity contribution in [1.29, 1.82) is 5.26 Å². The Morgan fingerprint density at radius 1 is 1.17 bits per heavy atom. The Kier molecular flexibility index (Phi) is 5.89. The van der Waals surface area contributed by atoms with Crippen molar-refractivity contribution in [3.05, 3.63) is 96.1 Å². The fourth-order valence-corrected chi connectivity index (χ4v) is 3.69. The summed E-state index contributed by atoms with van der Waals surface area (Å²) in [6, 6.07) is 22.5. The molecule has 0 spiro atoms. The Balaban J connectivity index is 1.57. The summed E-state index contributed by atoms with van der Waals surface area (Å²) in [4.78, 5) is 12.7. The van der Waals surface area contributed by atoms with Gasteiger partial charge in [0.15, 0.2) is 17.1 Å². The molecule has 2 aromatic carbocycles. The number of benzene rings is 2. The summed E-state index contributed by atoms with van der Waals surface area (Å²) >= 11 is 0. The van der Waals surface area contributed by atoms with Gasteiger partial charge in [0.25, 0.3) is 5.91 Å². The maximum atomic E-state index is 12.7. The van der Waals surface area contributed by atoms with E-state index < -0.39 is 5.91 Å². The van der Waals surface area contributed by atoms with Gasteiger partial charge in [-0.05, 0) is 42.5 Å². The summed E-state index contributed by atoms with van der Waals surface area (Å²) in [5.41, 5.74) is 2.38. The lowest BCUT2D eigenvalue weighted by Crippen LogP contribution is -2.23. The highest BCUT2D eigenvalue weighted by atomic mass is 16.5. The molecule has 1 N–H and O–H groups in total. The molecule has 8 heteroatoms. The predicted octanol–water partition coefficient (Wildman–Crippen LogP) is 5.11. The van der Waals surface area contributed by atoms with Crippen molar-refractivity contribution in [2.24, 2.45) is 0 Å². The van der Waals surface area contributed by atoms with Crippen molar-refractivity contribution in [1.82, 2.24) is 15.1 Å². The number of nitrogens with one attached hydrogen (secondary N) is 1. The first-order valence-electron chi connectivity index (χ1n) is 10.8. The number of carbonyl (C=O) groups excluding carboxylic acids is 1. The molecule has 0 bridgehead atoms. The number of hydrogen-bond acceptors (Lipinski definition) is 6. The zero-order valence-corrected chi connectivity index (χ0v) is 18.8. The number of carbonyl (C=O) groups is 1. The van der Waals surface area contributed by atoms with Crippen LogP contribution in [0.2, 0.25) is 0 Å². The number of methoxy groups -OCH3 is 1. The van der Waals surface area contributed by atoms with Crippen LogP contribution in [0.4, 0.5) is 0 Å². The normalized spacial score (nSPS) is 11.4. The molecule has 0 fully saturated rings. The van der Waals surface area contributed by atoms with Crippen LogP contribution in [0.1, 0.15) is 11.3 Å². The summed E-state index contributed by atoms with van der Waals surface area (Å²) in [7, 11) is 1.58. The zero-order valence-electron chi connectivity index (χ0n) is 18.8. The van der Waals surface area contributed by atoms with Crippen LogP contribution in [0, 0.1) is 11.3 Å². The summed E-state index contributed by atoms with van der Waals surface area (Å²) in [6.07, 6.45) is 4.78. The van der Waals surface area contributed by atoms with E-state index in [1.54, 1.807) is 30.1 Å². The summed E-state index contributed by atoms with van der Waals surface area (Å²) in [6.45, 7) is 0.171. The van der Waals surface area contributed by atoms with E-state index in [4.69, 9.17) is 18.7 Å². The number of fused-ring (bicyclic) bond motifs is 1. The third kappa shape index (κ3) is 4.43. The van der Waals surface area contributed by atoms with Crippen molar-refractivity contribution in [3.63, 3.8) is 0 Å². The van der Waals surface area contributed by atoms with E-state index in [-0.39, 0.29) is 12.1 Å². The van der Waals surface area contributed by atoms with Crippen LogP contribution in [0.3, 0.4) is 0 Å². The second-order valence-corrected chi connectivity index (χ2v) is 7.63. The van der Waals surface area contributed by atoms with Crippen LogP contribution in [0.15, 0.2) is 93.6 Å². The average Bonchev–Trinajstić information content (AvgIpc) is 3.65. The molecule has 172 valence electrons. The van der Waals surface area contributed by atoms with Crippen molar-refractivity contribution in [2.75, 3.05) is 7.11 Å². The Labute approximate surface area is 200 Å². The molecule has 3 aromatic heterocycles. The molecule has 0 radical (unpaired) electrons. The van der Waals surface area contributed by atoms with E-state index in [9.17, 15) is 10.1 Å². The van der Waals surface area contributed by atoms with Gasteiger partial charge < -0.3 is 18.9 Å². The van der Waals surface area contributed by atoms with Gasteiger partial charge in [0.1, 0.15) is 23.1 Å². The number of hydrogen-bond donors (Lipinski definition) is 1. The molecule has 5 aromatic rings. The molecule has 1 amide bonds. The number of para-hydroxylation sites is 2. The van der Waals surface area contributed by atoms with E-state index in [1.807, 2.05) is 60.7 Å². The van der Waals surface area contributed by atoms with Gasteiger partial charge in [-0.25, -0.2) is 4.68 Å². The molecular formula is C27H20N4O4. The van der Waals surface area contributed by atoms with Crippen LogP contribution < -0.4 is 10.1 Å². The Morgan fingerprint density at radius 2 is 2.03 bits per heavy atom. The maximum Gasteiger partial charge on any atom is 0.262 e. The lowest BCUT2D eigenvalue weighted by molar-refractivity contribution is -0.117. The van der Waals surface area contributed by atoms with E-state index in [2.05, 4.69) is 5.32 Å². The van der Waals surface area contributed by atoms with Crippen LogP contribution in [-0.4, -0.2) is 22.8 Å². The van der Waals surface area contributed by atoms with Gasteiger partial charge in [-0.1, -0.05) is 30.3 Å². The fraction of sp³-hybridized carbons (Fsp3) is 0.0741. The molecule has 0 aliphatic rings. The van der Waals surface area contributed by atoms with E-state index in [0.29, 0.717) is 34.1 Å². The predicted molar refractivity (Wildman–Crippen MR) is 129 cm³/mol. The largest absolute Gasteiger partial charge is 0.493 e. The molecule has 0 aliphatic carbocycles. The second kappa shape index (κ2) is 9.45. The standard InChI is InChI=1S/C27H20N4O4/c1-33-23-11-5-7-18-14-24(35-26(18)23)25-20(17-31(30-25)21-8-3-2-4-9-21)13-19(15-28)27(32)29-16-22-10-6-12-34-22/h2-14,17H,16H2,1H3,(H,29,32)/b19-13-. The number of ether oxygens (including phenoxy) is 1. The highest BCUT2D eigenvalue weighted by Gasteiger charge is 2.19. The van der Waals surface area contributed by atoms with Gasteiger partial charge in [0.05, 0.1) is 25.6 Å². The number of aromatic nitrogens is 2. The Hall–Kier alpha value is -5.03. The minimum Gasteiger partial charge on any atom is -0.493 e. The SMILES string of the molecule is COc1cccc2cc(-c3nn(-c4ccccc4)cc3/C=C(/C#N)C(=O)NCc3ccco3)oc12. The molecule has 5 rings (SSSR count). The van der Waals surface area contributed by atoms with Gasteiger partial charge in [0, 0.05) is 17.1 Å². The molecule has 8 nitrogen and oxygen atoms in total. The third-order valence-corrected chi connectivity index (χ3v) is 5.39. The average molecular weight is 464 g/mol. The lowest BCUT2D eigenvalue weighted by atomic mass is 10.1. The van der Waals surface area contributed by atoms with Crippen LogP contribution in [-0.2, 0) is 11.3 Å². The molecule has 0 saturated heterocycles. The van der Waals surface area contributed by atoms with Gasteiger partial charge in [-0.15, -0.1) is 0 Å². The first-order chi connectivity index (χ1) is 17.2. The summed E-state index contributed by atoms with van der Waals surface area (Å²) < 4.78 is 18.5. The highest BCUT2D eigenvalue weighted by molar-refractivity contribution is 6.02. The summed E-state index contributed by atoms with van der Waals surface area (Å²) in [5, 5.41) is 18.0. The van der Waals surface area contributed by atoms with Crippen molar-refractivity contribution >= 4 is 23.0 Å². The van der Waals surface area contributed by atoms with E-state index >= 15 is 0 Å². The lowest BCUT2D eigenvalue weighted by Gasteiger charge is -2.02. The van der Waals surface area contributed by atoms with E-state index in [1.165, 1.54) is 12.3 Å². The topological polar surface area (TPSA) is 106 Å². The van der Waals surface area contributed by atoms with Crippen LogP contribution in [0.25, 0.3) is 34.2 Å². The van der Waals surface area contributed by atoms with Gasteiger partial charge in [0.2, 0.25) is 0 Å². The van der Waals surface area contributed by atoms with E-state index in [0.717, 1.165) is 11.1 Å². The smallest absolute Gasteiger partial charge is 0.262 e. The number of furan rings is 2. The molecule has 35 heavy (non-hydrogen) atoms. The first-order valence-corrected chi connectivity index (χ1v) is 10.8. The number of amides is 1. The Bertz CT molecular complexity index is 1550. The zero-order chi connectivity index (χ0) is 24.2. The molecule has 0 aliphatic heterocycles. The van der Waals surface area contributed by atoms with Gasteiger partial charge in [-0.3, -0.25) is 4.79 Å². The number of nitrogens with zero attached hydrogens (tertiary/aromatic N) is 3. The highest BCUT2D eigenvalue weighted by Crippen LogP contribution is 2.35. The third-order valence-electron chi connectivity index (χ3n) is 5.39. The Morgan fingerprint density at radius 3 is 2.77 bits per heavy atom. The molecule has 3 heterocycles. The van der Waals surface area contributed by atoms with Crippen LogP contribution >= 0.6 is 0 Å². The number of nitriles is 1. The van der Waals surface area contributed by atoms with Gasteiger partial charge >= 0.3 is 0 Å². The molecule has 0 atom stereocenters. The second-order valence-electron chi connectivity index (χ2n) is 7.63. The monoisotopic (exact) mass is 464 g/mol. The quantitative estimate of drug-likeness (QED) is 0.265. The maximum absolute atomic E-state index is 12.7. The van der Waals surface area contributed by atoms with Crippen molar-refractivity contribution in [3.8, 4) is 29.0 Å². The summed E-state index contributed by atoms with van der Waals surface area (Å²) in [5.74, 6) is 1.15. The van der Waals surface area contributed by atoms with Crippen LogP contribution in [0.5, 0.6) is 5.75 Å². The fourth-order valence-electron chi connectivity index (χ4n) is 3.69. The van der Waals surface area contributed by atoms with Crippen molar-refractivity contribution in [2.45, 2.75) is 6.54 Å². The van der Waals surface area contributed by atoms with Gasteiger partial charge in [-0.2, -0.15) is 10.4 Å². The minimum atomic E-state index is -0.520.